The lowest BCUT2D eigenvalue weighted by molar-refractivity contribution is -0.890. The van der Waals surface area contributed by atoms with E-state index in [9.17, 15) is 14.9 Å². The van der Waals surface area contributed by atoms with Crippen molar-refractivity contribution >= 4 is 28.9 Å². The number of hydrogen-bond acceptors (Lipinski definition) is 3. The Morgan fingerprint density at radius 3 is 2.57 bits per heavy atom. The second kappa shape index (κ2) is 7.38. The van der Waals surface area contributed by atoms with Gasteiger partial charge in [-0.15, -0.1) is 0 Å². The molecule has 0 atom stereocenters. The van der Waals surface area contributed by atoms with E-state index in [-0.39, 0.29) is 17.3 Å². The van der Waals surface area contributed by atoms with E-state index in [0.29, 0.717) is 11.6 Å². The summed E-state index contributed by atoms with van der Waals surface area (Å²) in [6.45, 7) is 2.29. The highest BCUT2D eigenvalue weighted by molar-refractivity contribution is 6.31. The van der Waals surface area contributed by atoms with E-state index < -0.39 is 4.92 Å². The largest absolute Gasteiger partial charge is 0.327 e. The second-order valence-electron chi connectivity index (χ2n) is 5.31. The van der Waals surface area contributed by atoms with Crippen LogP contribution in [-0.4, -0.2) is 30.5 Å². The first-order chi connectivity index (χ1) is 10.1. The van der Waals surface area contributed by atoms with E-state index in [2.05, 4.69) is 5.32 Å². The minimum Gasteiger partial charge on any atom is -0.327 e. The molecule has 0 aromatic heterocycles. The molecule has 2 N–H and O–H groups in total. The van der Waals surface area contributed by atoms with E-state index in [1.165, 1.54) is 35.9 Å². The van der Waals surface area contributed by atoms with Gasteiger partial charge in [0.15, 0.2) is 6.54 Å². The molecule has 0 aliphatic carbocycles. The number of carbonyl (C=O) groups excluding carboxylic acids is 1. The summed E-state index contributed by atoms with van der Waals surface area (Å²) in [5.41, 5.74) is 0.0188. The van der Waals surface area contributed by atoms with E-state index in [1.54, 1.807) is 0 Å². The molecule has 1 saturated heterocycles. The van der Waals surface area contributed by atoms with Gasteiger partial charge in [0.2, 0.25) is 0 Å². The lowest BCUT2D eigenvalue weighted by atomic mass is 10.2. The molecular formula is C14H19ClN3O3+. The molecule has 1 fully saturated rings. The maximum atomic E-state index is 12.1. The van der Waals surface area contributed by atoms with E-state index >= 15 is 0 Å². The zero-order chi connectivity index (χ0) is 15.2. The van der Waals surface area contributed by atoms with Gasteiger partial charge in [0.25, 0.3) is 11.6 Å². The number of halogens is 1. The molecule has 0 bridgehead atoms. The topological polar surface area (TPSA) is 76.7 Å². The number of quaternary nitrogens is 1. The Balaban J connectivity index is 2.01. The number of amides is 1. The Bertz CT molecular complexity index is 528. The van der Waals surface area contributed by atoms with E-state index in [0.717, 1.165) is 25.9 Å². The van der Waals surface area contributed by atoms with Gasteiger partial charge in [0.05, 0.1) is 18.0 Å². The molecule has 6 nitrogen and oxygen atoms in total. The number of hydrogen-bond donors (Lipinski definition) is 2. The van der Waals surface area contributed by atoms with Crippen LogP contribution in [0.25, 0.3) is 0 Å². The Kier molecular flexibility index (Phi) is 5.52. The van der Waals surface area contributed by atoms with E-state index in [1.807, 2.05) is 0 Å². The predicted octanol–water partition coefficient (Wildman–Crippen LogP) is 1.65. The van der Waals surface area contributed by atoms with Crippen LogP contribution >= 0.6 is 11.6 Å². The molecule has 0 saturated carbocycles. The molecule has 2 rings (SSSR count). The molecule has 21 heavy (non-hydrogen) atoms. The Hall–Kier alpha value is -1.66. The number of rotatable bonds is 4. The molecule has 0 spiro atoms. The Morgan fingerprint density at radius 2 is 1.95 bits per heavy atom. The molecule has 7 heteroatoms. The van der Waals surface area contributed by atoms with Crippen LogP contribution in [0, 0.1) is 10.1 Å². The van der Waals surface area contributed by atoms with Gasteiger partial charge in [-0.3, -0.25) is 14.9 Å². The van der Waals surface area contributed by atoms with Crippen LogP contribution < -0.4 is 10.2 Å². The molecule has 1 aliphatic rings. The van der Waals surface area contributed by atoms with Crippen molar-refractivity contribution in [2.75, 3.05) is 25.0 Å². The number of nitrogens with one attached hydrogen (secondary N) is 2. The van der Waals surface area contributed by atoms with Crippen molar-refractivity contribution in [3.8, 4) is 0 Å². The molecule has 1 amide bonds. The third-order valence-corrected chi connectivity index (χ3v) is 3.89. The van der Waals surface area contributed by atoms with Gasteiger partial charge in [-0.25, -0.2) is 0 Å². The maximum Gasteiger partial charge on any atom is 0.292 e. The average Bonchev–Trinajstić information content (AvgIpc) is 2.66. The molecule has 0 unspecified atom stereocenters. The van der Waals surface area contributed by atoms with Crippen LogP contribution in [-0.2, 0) is 4.79 Å². The minimum absolute atomic E-state index is 0.140. The molecule has 1 aliphatic heterocycles. The first-order valence-corrected chi connectivity index (χ1v) is 7.51. The number of carbonyl (C=O) groups is 1. The number of nitro benzene ring substituents is 1. The Morgan fingerprint density at radius 1 is 1.29 bits per heavy atom. The quantitative estimate of drug-likeness (QED) is 0.655. The van der Waals surface area contributed by atoms with Gasteiger partial charge < -0.3 is 10.2 Å². The predicted molar refractivity (Wildman–Crippen MR) is 80.8 cm³/mol. The standard InChI is InChI=1S/C14H18ClN3O3/c15-11-5-6-13(18(20)21)12(9-11)16-14(19)10-17-7-3-1-2-4-8-17/h5-6,9H,1-4,7-8,10H2,(H,16,19)/p+1. The smallest absolute Gasteiger partial charge is 0.292 e. The summed E-state index contributed by atoms with van der Waals surface area (Å²) in [6.07, 6.45) is 4.68. The van der Waals surface area contributed by atoms with Gasteiger partial charge in [-0.2, -0.15) is 0 Å². The first-order valence-electron chi connectivity index (χ1n) is 7.13. The summed E-state index contributed by atoms with van der Waals surface area (Å²) < 4.78 is 0. The summed E-state index contributed by atoms with van der Waals surface area (Å²) in [5, 5.41) is 13.9. The van der Waals surface area contributed by atoms with Gasteiger partial charge in [0.1, 0.15) is 5.69 Å². The van der Waals surface area contributed by atoms with Crippen molar-refractivity contribution in [1.82, 2.24) is 0 Å². The van der Waals surface area contributed by atoms with Crippen molar-refractivity contribution in [3.63, 3.8) is 0 Å². The lowest BCUT2D eigenvalue weighted by Gasteiger charge is -2.16. The number of nitrogens with zero attached hydrogens (tertiary/aromatic N) is 1. The summed E-state index contributed by atoms with van der Waals surface area (Å²) in [5.74, 6) is -0.211. The molecule has 1 aromatic rings. The SMILES string of the molecule is O=C(C[NH+]1CCCCCC1)Nc1cc(Cl)ccc1[N+](=O)[O-]. The highest BCUT2D eigenvalue weighted by Crippen LogP contribution is 2.27. The van der Waals surface area contributed by atoms with E-state index in [4.69, 9.17) is 11.6 Å². The van der Waals surface area contributed by atoms with Gasteiger partial charge in [0, 0.05) is 11.1 Å². The van der Waals surface area contributed by atoms with Crippen LogP contribution in [0.4, 0.5) is 11.4 Å². The summed E-state index contributed by atoms with van der Waals surface area (Å²) in [4.78, 5) is 23.7. The normalized spacial score (nSPS) is 16.2. The molecule has 1 heterocycles. The second-order valence-corrected chi connectivity index (χ2v) is 5.74. The number of likely N-dealkylation sites (tertiary alicyclic amines) is 1. The first kappa shape index (κ1) is 15.7. The maximum absolute atomic E-state index is 12.1. The number of nitro groups is 1. The molecule has 0 radical (unpaired) electrons. The summed E-state index contributed by atoms with van der Waals surface area (Å²) >= 11 is 5.84. The van der Waals surface area contributed by atoms with Gasteiger partial charge >= 0.3 is 0 Å². The van der Waals surface area contributed by atoms with Crippen molar-refractivity contribution in [2.24, 2.45) is 0 Å². The average molecular weight is 313 g/mol. The third kappa shape index (κ3) is 4.68. The van der Waals surface area contributed by atoms with Crippen molar-refractivity contribution in [1.29, 1.82) is 0 Å². The van der Waals surface area contributed by atoms with Crippen molar-refractivity contribution in [3.05, 3.63) is 33.3 Å². The molecular weight excluding hydrogens is 294 g/mol. The molecule has 114 valence electrons. The zero-order valence-corrected chi connectivity index (χ0v) is 12.5. The van der Waals surface area contributed by atoms with Crippen LogP contribution in [0.3, 0.4) is 0 Å². The monoisotopic (exact) mass is 312 g/mol. The zero-order valence-electron chi connectivity index (χ0n) is 11.7. The highest BCUT2D eigenvalue weighted by atomic mass is 35.5. The number of anilines is 1. The van der Waals surface area contributed by atoms with Crippen LogP contribution in [0.2, 0.25) is 5.02 Å². The minimum atomic E-state index is -0.523. The lowest BCUT2D eigenvalue weighted by Crippen LogP contribution is -3.12. The summed E-state index contributed by atoms with van der Waals surface area (Å²) in [6, 6.07) is 4.15. The fraction of sp³-hybridized carbons (Fsp3) is 0.500. The van der Waals surface area contributed by atoms with Crippen LogP contribution in [0.5, 0.6) is 0 Å². The van der Waals surface area contributed by atoms with Crippen molar-refractivity contribution in [2.45, 2.75) is 25.7 Å². The summed E-state index contributed by atoms with van der Waals surface area (Å²) in [7, 11) is 0. The molecule has 1 aromatic carbocycles. The number of benzene rings is 1. The van der Waals surface area contributed by atoms with Gasteiger partial charge in [-0.05, 0) is 37.8 Å². The fourth-order valence-electron chi connectivity index (χ4n) is 2.59. The Labute approximate surface area is 128 Å². The van der Waals surface area contributed by atoms with Crippen LogP contribution in [0.1, 0.15) is 25.7 Å². The van der Waals surface area contributed by atoms with Crippen LogP contribution in [0.15, 0.2) is 18.2 Å². The third-order valence-electron chi connectivity index (χ3n) is 3.65. The van der Waals surface area contributed by atoms with Crippen molar-refractivity contribution < 1.29 is 14.6 Å². The fourth-order valence-corrected chi connectivity index (χ4v) is 2.77. The highest BCUT2D eigenvalue weighted by Gasteiger charge is 2.20. The van der Waals surface area contributed by atoms with Gasteiger partial charge in [-0.1, -0.05) is 11.6 Å².